The number of rotatable bonds is 5. The number of carbonyl (C=O) groups excluding carboxylic acids is 1. The second-order valence-electron chi connectivity index (χ2n) is 7.41. The second-order valence-corrected chi connectivity index (χ2v) is 8.18. The number of carbonyl (C=O) groups is 1. The fourth-order valence-corrected chi connectivity index (χ4v) is 4.45. The Bertz CT molecular complexity index is 1340. The summed E-state index contributed by atoms with van der Waals surface area (Å²) in [6.45, 7) is 3.64. The number of aromatic nitrogens is 2. The fourth-order valence-electron chi connectivity index (χ4n) is 3.72. The van der Waals surface area contributed by atoms with E-state index in [1.54, 1.807) is 6.07 Å². The van der Waals surface area contributed by atoms with Crippen molar-refractivity contribution >= 4 is 46.4 Å². The number of benzene rings is 3. The highest BCUT2D eigenvalue weighted by Crippen LogP contribution is 2.29. The molecule has 0 fully saturated rings. The van der Waals surface area contributed by atoms with Gasteiger partial charge in [-0.3, -0.25) is 9.36 Å². The number of halogens is 1. The molecule has 31 heavy (non-hydrogen) atoms. The quantitative estimate of drug-likeness (QED) is 0.376. The number of para-hydroxylation sites is 3. The van der Waals surface area contributed by atoms with Crippen LogP contribution < -0.4 is 5.32 Å². The maximum absolute atomic E-state index is 13.1. The van der Waals surface area contributed by atoms with Crippen LogP contribution in [0.5, 0.6) is 0 Å². The molecule has 0 saturated heterocycles. The van der Waals surface area contributed by atoms with Gasteiger partial charge in [-0.25, -0.2) is 0 Å². The van der Waals surface area contributed by atoms with Crippen molar-refractivity contribution in [3.8, 4) is 5.69 Å². The third-order valence-electron chi connectivity index (χ3n) is 5.33. The Morgan fingerprint density at radius 2 is 1.77 bits per heavy atom. The van der Waals surface area contributed by atoms with Crippen molar-refractivity contribution in [1.29, 1.82) is 0 Å². The van der Waals surface area contributed by atoms with Gasteiger partial charge in [0.05, 0.1) is 34.0 Å². The van der Waals surface area contributed by atoms with Crippen LogP contribution in [-0.2, 0) is 11.4 Å². The number of hydrogen-bond acceptors (Lipinski definition) is 3. The first-order chi connectivity index (χ1) is 14.9. The molecule has 0 bridgehead atoms. The van der Waals surface area contributed by atoms with Crippen LogP contribution >= 0.6 is 23.8 Å². The van der Waals surface area contributed by atoms with Gasteiger partial charge in [0.2, 0.25) is 5.91 Å². The molecule has 1 unspecified atom stereocenters. The van der Waals surface area contributed by atoms with E-state index >= 15 is 0 Å². The average molecular weight is 452 g/mol. The molecular formula is C24H22ClN3O2S. The Morgan fingerprint density at radius 3 is 2.48 bits per heavy atom. The summed E-state index contributed by atoms with van der Waals surface area (Å²) >= 11 is 12.1. The Morgan fingerprint density at radius 1 is 1.10 bits per heavy atom. The summed E-state index contributed by atoms with van der Waals surface area (Å²) in [6.07, 6.45) is 0. The number of amides is 1. The smallest absolute Gasteiger partial charge is 0.247 e. The molecule has 1 aromatic heterocycles. The minimum absolute atomic E-state index is 0.112. The molecule has 0 radical (unpaired) electrons. The molecular weight excluding hydrogens is 430 g/mol. The van der Waals surface area contributed by atoms with Gasteiger partial charge in [-0.1, -0.05) is 48.0 Å². The summed E-state index contributed by atoms with van der Waals surface area (Å²) in [5, 5.41) is 13.2. The number of fused-ring (bicyclic) bond motifs is 1. The van der Waals surface area contributed by atoms with Crippen molar-refractivity contribution in [3.63, 3.8) is 0 Å². The number of hydrogen-bond donors (Lipinski definition) is 2. The van der Waals surface area contributed by atoms with Crippen molar-refractivity contribution < 1.29 is 9.90 Å². The van der Waals surface area contributed by atoms with Crippen LogP contribution in [0.4, 0.5) is 5.69 Å². The van der Waals surface area contributed by atoms with E-state index in [2.05, 4.69) is 5.32 Å². The zero-order chi connectivity index (χ0) is 22.1. The first kappa shape index (κ1) is 21.3. The molecule has 1 atom stereocenters. The predicted octanol–water partition coefficient (Wildman–Crippen LogP) is 5.82. The maximum atomic E-state index is 13.1. The van der Waals surface area contributed by atoms with E-state index in [0.717, 1.165) is 27.8 Å². The summed E-state index contributed by atoms with van der Waals surface area (Å²) in [5.74, 6) is -0.222. The lowest BCUT2D eigenvalue weighted by Gasteiger charge is -2.16. The molecule has 158 valence electrons. The molecule has 0 aliphatic carbocycles. The van der Waals surface area contributed by atoms with E-state index in [4.69, 9.17) is 23.8 Å². The molecule has 3 aromatic carbocycles. The first-order valence-corrected chi connectivity index (χ1v) is 10.7. The Hall–Kier alpha value is -2.93. The highest BCUT2D eigenvalue weighted by atomic mass is 35.5. The molecule has 5 nitrogen and oxygen atoms in total. The monoisotopic (exact) mass is 451 g/mol. The number of nitrogens with zero attached hydrogens (tertiary/aromatic N) is 2. The van der Waals surface area contributed by atoms with Gasteiger partial charge in [0.25, 0.3) is 0 Å². The number of aliphatic hydroxyl groups excluding tert-OH is 1. The van der Waals surface area contributed by atoms with E-state index in [0.29, 0.717) is 15.5 Å². The Kier molecular flexibility index (Phi) is 5.96. The van der Waals surface area contributed by atoms with Crippen molar-refractivity contribution in [2.24, 2.45) is 0 Å². The van der Waals surface area contributed by atoms with Crippen LogP contribution in [0.1, 0.15) is 24.1 Å². The van der Waals surface area contributed by atoms with Gasteiger partial charge in [0, 0.05) is 5.56 Å². The van der Waals surface area contributed by atoms with E-state index in [9.17, 15) is 9.90 Å². The van der Waals surface area contributed by atoms with E-state index in [1.165, 1.54) is 0 Å². The number of aliphatic hydroxyl groups is 1. The third kappa shape index (κ3) is 3.90. The van der Waals surface area contributed by atoms with Crippen LogP contribution in [-0.4, -0.2) is 20.1 Å². The van der Waals surface area contributed by atoms with Gasteiger partial charge in [-0.05, 0) is 62.0 Å². The molecule has 0 spiro atoms. The molecule has 2 N–H and O–H groups in total. The summed E-state index contributed by atoms with van der Waals surface area (Å²) < 4.78 is 4.20. The normalized spacial score (nSPS) is 12.1. The van der Waals surface area contributed by atoms with Gasteiger partial charge in [-0.2, -0.15) is 0 Å². The minimum atomic E-state index is -0.586. The second kappa shape index (κ2) is 8.67. The molecule has 0 aliphatic rings. The Balaban J connectivity index is 1.82. The van der Waals surface area contributed by atoms with Crippen molar-refractivity contribution in [2.45, 2.75) is 26.5 Å². The fraction of sp³-hybridized carbons (Fsp3) is 0.167. The van der Waals surface area contributed by atoms with E-state index < -0.39 is 6.04 Å². The van der Waals surface area contributed by atoms with Crippen LogP contribution in [0.3, 0.4) is 0 Å². The molecule has 4 rings (SSSR count). The van der Waals surface area contributed by atoms with Gasteiger partial charge in [0.15, 0.2) is 4.77 Å². The van der Waals surface area contributed by atoms with E-state index in [1.807, 2.05) is 83.6 Å². The van der Waals surface area contributed by atoms with Crippen LogP contribution in [0, 0.1) is 11.7 Å². The van der Waals surface area contributed by atoms with Gasteiger partial charge >= 0.3 is 0 Å². The Labute approximate surface area is 190 Å². The van der Waals surface area contributed by atoms with Crippen molar-refractivity contribution in [3.05, 3.63) is 87.7 Å². The highest BCUT2D eigenvalue weighted by Gasteiger charge is 2.22. The zero-order valence-corrected chi connectivity index (χ0v) is 18.7. The SMILES string of the molecule is Cc1ccc(NC(=O)C(C)n2c(=S)n(-c3ccccc3CO)c3ccccc32)c(Cl)c1. The van der Waals surface area contributed by atoms with Crippen LogP contribution in [0.15, 0.2) is 66.7 Å². The van der Waals surface area contributed by atoms with Crippen molar-refractivity contribution in [2.75, 3.05) is 5.32 Å². The highest BCUT2D eigenvalue weighted by molar-refractivity contribution is 7.71. The molecule has 0 saturated carbocycles. The lowest BCUT2D eigenvalue weighted by atomic mass is 10.2. The largest absolute Gasteiger partial charge is 0.392 e. The summed E-state index contributed by atoms with van der Waals surface area (Å²) in [4.78, 5) is 13.1. The average Bonchev–Trinajstić information content (AvgIpc) is 3.06. The predicted molar refractivity (Wildman–Crippen MR) is 128 cm³/mol. The summed E-state index contributed by atoms with van der Waals surface area (Å²) in [5.41, 5.74) is 4.82. The number of imidazole rings is 1. The van der Waals surface area contributed by atoms with Gasteiger partial charge in [-0.15, -0.1) is 0 Å². The number of aryl methyl sites for hydroxylation is 1. The standard InChI is InChI=1S/C24H22ClN3O2S/c1-15-11-12-19(18(25)13-15)26-23(30)16(2)27-21-9-5-6-10-22(21)28(24(27)31)20-8-4-3-7-17(20)14-29/h3-13,16,29H,14H2,1-2H3,(H,26,30). The third-order valence-corrected chi connectivity index (χ3v) is 6.02. The lowest BCUT2D eigenvalue weighted by Crippen LogP contribution is -2.24. The number of nitrogens with one attached hydrogen (secondary N) is 1. The molecule has 7 heteroatoms. The molecule has 4 aromatic rings. The number of anilines is 1. The minimum Gasteiger partial charge on any atom is -0.392 e. The summed E-state index contributed by atoms with van der Waals surface area (Å²) in [6, 6.07) is 20.2. The van der Waals surface area contributed by atoms with Crippen molar-refractivity contribution in [1.82, 2.24) is 9.13 Å². The maximum Gasteiger partial charge on any atom is 0.247 e. The van der Waals surface area contributed by atoms with E-state index in [-0.39, 0.29) is 12.5 Å². The van der Waals surface area contributed by atoms with Crippen LogP contribution in [0.25, 0.3) is 16.7 Å². The molecule has 1 amide bonds. The van der Waals surface area contributed by atoms with Gasteiger partial charge < -0.3 is 15.0 Å². The zero-order valence-electron chi connectivity index (χ0n) is 17.2. The van der Waals surface area contributed by atoms with Gasteiger partial charge in [0.1, 0.15) is 6.04 Å². The first-order valence-electron chi connectivity index (χ1n) is 9.90. The molecule has 1 heterocycles. The van der Waals surface area contributed by atoms with Crippen LogP contribution in [0.2, 0.25) is 5.02 Å². The summed E-state index contributed by atoms with van der Waals surface area (Å²) in [7, 11) is 0. The lowest BCUT2D eigenvalue weighted by molar-refractivity contribution is -0.118. The topological polar surface area (TPSA) is 59.2 Å². The molecule has 0 aliphatic heterocycles.